The minimum atomic E-state index is -0.681. The first kappa shape index (κ1) is 19.6. The molecule has 28 heavy (non-hydrogen) atoms. The van der Waals surface area contributed by atoms with E-state index in [0.29, 0.717) is 22.2 Å². The van der Waals surface area contributed by atoms with Crippen LogP contribution in [0.5, 0.6) is 0 Å². The van der Waals surface area contributed by atoms with Crippen molar-refractivity contribution >= 4 is 23.2 Å². The van der Waals surface area contributed by atoms with Gasteiger partial charge < -0.3 is 10.3 Å². The maximum Gasteiger partial charge on any atom is 0.328 e. The summed E-state index contributed by atoms with van der Waals surface area (Å²) >= 11 is 6.12. The van der Waals surface area contributed by atoms with Crippen molar-refractivity contribution in [1.82, 2.24) is 9.55 Å². The topological polar surface area (TPSA) is 84.0 Å². The van der Waals surface area contributed by atoms with Crippen molar-refractivity contribution in [2.75, 3.05) is 5.32 Å². The highest BCUT2D eigenvalue weighted by molar-refractivity contribution is 6.31. The fourth-order valence-corrected chi connectivity index (χ4v) is 2.96. The lowest BCUT2D eigenvalue weighted by Gasteiger charge is -2.10. The van der Waals surface area contributed by atoms with E-state index in [9.17, 15) is 14.4 Å². The first-order valence-electron chi connectivity index (χ1n) is 8.84. The second kappa shape index (κ2) is 8.27. The zero-order valence-corrected chi connectivity index (χ0v) is 16.3. The predicted molar refractivity (Wildman–Crippen MR) is 110 cm³/mol. The van der Waals surface area contributed by atoms with Crippen LogP contribution in [0.1, 0.15) is 41.3 Å². The number of rotatable bonds is 5. The summed E-state index contributed by atoms with van der Waals surface area (Å²) in [5, 5.41) is 3.13. The third kappa shape index (κ3) is 4.23. The Balaban J connectivity index is 1.88. The number of hydrogen-bond donors (Lipinski definition) is 2. The van der Waals surface area contributed by atoms with Gasteiger partial charge in [-0.1, -0.05) is 55.8 Å². The van der Waals surface area contributed by atoms with E-state index in [1.807, 2.05) is 12.1 Å². The summed E-state index contributed by atoms with van der Waals surface area (Å²) in [4.78, 5) is 39.8. The standard InChI is InChI=1S/C21H20ClN3O3/c1-13(2)14-7-9-16(10-8-14)24-19(26)17-11-23-21(28)25(20(17)27)12-15-5-3-4-6-18(15)22/h3-11,13H,12H2,1-2H3,(H,23,28)(H,24,26). The molecule has 0 aliphatic rings. The van der Waals surface area contributed by atoms with Crippen molar-refractivity contribution in [3.05, 3.63) is 97.3 Å². The highest BCUT2D eigenvalue weighted by Gasteiger charge is 2.16. The van der Waals surface area contributed by atoms with Gasteiger partial charge in [-0.05, 0) is 35.2 Å². The van der Waals surface area contributed by atoms with Gasteiger partial charge in [-0.3, -0.25) is 14.2 Å². The minimum Gasteiger partial charge on any atom is -0.322 e. The van der Waals surface area contributed by atoms with Crippen LogP contribution in [0.2, 0.25) is 5.02 Å². The number of hydrogen-bond acceptors (Lipinski definition) is 3. The van der Waals surface area contributed by atoms with Crippen LogP contribution in [-0.2, 0) is 6.54 Å². The Hall–Kier alpha value is -3.12. The molecule has 0 saturated carbocycles. The smallest absolute Gasteiger partial charge is 0.322 e. The average molecular weight is 398 g/mol. The molecule has 2 aromatic carbocycles. The van der Waals surface area contributed by atoms with Gasteiger partial charge in [0.15, 0.2) is 0 Å². The molecule has 1 amide bonds. The second-order valence-electron chi connectivity index (χ2n) is 6.72. The second-order valence-corrected chi connectivity index (χ2v) is 7.13. The molecule has 0 aliphatic carbocycles. The van der Waals surface area contributed by atoms with Crippen LogP contribution in [0.4, 0.5) is 5.69 Å². The fourth-order valence-electron chi connectivity index (χ4n) is 2.76. The highest BCUT2D eigenvalue weighted by atomic mass is 35.5. The zero-order valence-electron chi connectivity index (χ0n) is 15.5. The molecule has 0 atom stereocenters. The molecular formula is C21H20ClN3O3. The van der Waals surface area contributed by atoms with Gasteiger partial charge >= 0.3 is 5.69 Å². The maximum atomic E-state index is 12.7. The number of anilines is 1. The molecule has 3 aromatic rings. The van der Waals surface area contributed by atoms with Crippen LogP contribution in [0.3, 0.4) is 0 Å². The molecule has 0 spiro atoms. The molecule has 1 aromatic heterocycles. The maximum absolute atomic E-state index is 12.7. The third-order valence-electron chi connectivity index (χ3n) is 4.43. The van der Waals surface area contributed by atoms with E-state index < -0.39 is 17.2 Å². The summed E-state index contributed by atoms with van der Waals surface area (Å²) in [7, 11) is 0. The lowest BCUT2D eigenvalue weighted by molar-refractivity contribution is 0.102. The first-order valence-corrected chi connectivity index (χ1v) is 9.22. The zero-order chi connectivity index (χ0) is 20.3. The molecule has 0 saturated heterocycles. The van der Waals surface area contributed by atoms with E-state index in [0.717, 1.165) is 16.3 Å². The molecule has 3 rings (SSSR count). The van der Waals surface area contributed by atoms with Crippen LogP contribution < -0.4 is 16.6 Å². The lowest BCUT2D eigenvalue weighted by Crippen LogP contribution is -2.39. The Morgan fingerprint density at radius 1 is 1.11 bits per heavy atom. The summed E-state index contributed by atoms with van der Waals surface area (Å²) in [5.74, 6) is -0.215. The SMILES string of the molecule is CC(C)c1ccc(NC(=O)c2c[nH]c(=O)n(Cc3ccccc3Cl)c2=O)cc1. The summed E-state index contributed by atoms with van der Waals surface area (Å²) < 4.78 is 0.956. The summed E-state index contributed by atoms with van der Waals surface area (Å²) in [6.07, 6.45) is 1.13. The Morgan fingerprint density at radius 3 is 2.43 bits per heavy atom. The number of nitrogens with one attached hydrogen (secondary N) is 2. The molecule has 0 unspecified atom stereocenters. The van der Waals surface area contributed by atoms with Crippen molar-refractivity contribution in [3.63, 3.8) is 0 Å². The molecular weight excluding hydrogens is 378 g/mol. The fraction of sp³-hybridized carbons (Fsp3) is 0.190. The summed E-state index contributed by atoms with van der Waals surface area (Å²) in [6, 6.07) is 14.3. The molecule has 0 bridgehead atoms. The van der Waals surface area contributed by atoms with Crippen LogP contribution in [0.15, 0.2) is 64.3 Å². The molecule has 1 heterocycles. The van der Waals surface area contributed by atoms with Gasteiger partial charge in [0.1, 0.15) is 5.56 Å². The number of benzene rings is 2. The van der Waals surface area contributed by atoms with Gasteiger partial charge in [-0.15, -0.1) is 0 Å². The van der Waals surface area contributed by atoms with Gasteiger partial charge in [0.05, 0.1) is 6.54 Å². The number of aromatic nitrogens is 2. The molecule has 7 heteroatoms. The quantitative estimate of drug-likeness (QED) is 0.689. The minimum absolute atomic E-state index is 0.0297. The van der Waals surface area contributed by atoms with Gasteiger partial charge in [-0.2, -0.15) is 0 Å². The van der Waals surface area contributed by atoms with E-state index in [1.54, 1.807) is 36.4 Å². The van der Waals surface area contributed by atoms with E-state index in [1.165, 1.54) is 0 Å². The number of carbonyl (C=O) groups is 1. The van der Waals surface area contributed by atoms with Crippen molar-refractivity contribution in [3.8, 4) is 0 Å². The van der Waals surface area contributed by atoms with Gasteiger partial charge in [0.2, 0.25) is 0 Å². The Labute approximate surface area is 166 Å². The predicted octanol–water partition coefficient (Wildman–Crippen LogP) is 3.61. The molecule has 0 radical (unpaired) electrons. The van der Waals surface area contributed by atoms with E-state index >= 15 is 0 Å². The molecule has 2 N–H and O–H groups in total. The van der Waals surface area contributed by atoms with E-state index in [-0.39, 0.29) is 12.1 Å². The number of aromatic amines is 1. The van der Waals surface area contributed by atoms with Crippen molar-refractivity contribution in [2.24, 2.45) is 0 Å². The number of nitrogens with zero attached hydrogens (tertiary/aromatic N) is 1. The van der Waals surface area contributed by atoms with Crippen LogP contribution in [0.25, 0.3) is 0 Å². The number of H-pyrrole nitrogens is 1. The van der Waals surface area contributed by atoms with Crippen molar-refractivity contribution in [2.45, 2.75) is 26.3 Å². The molecule has 0 aliphatic heterocycles. The van der Waals surface area contributed by atoms with E-state index in [4.69, 9.17) is 11.6 Å². The lowest BCUT2D eigenvalue weighted by atomic mass is 10.0. The first-order chi connectivity index (χ1) is 13.4. The molecule has 144 valence electrons. The van der Waals surface area contributed by atoms with Crippen LogP contribution in [-0.4, -0.2) is 15.5 Å². The average Bonchev–Trinajstić information content (AvgIpc) is 2.66. The van der Waals surface area contributed by atoms with Gasteiger partial charge in [0, 0.05) is 16.9 Å². The Bertz CT molecular complexity index is 1110. The van der Waals surface area contributed by atoms with Crippen molar-refractivity contribution < 1.29 is 4.79 Å². The Kier molecular flexibility index (Phi) is 5.80. The monoisotopic (exact) mass is 397 g/mol. The normalized spacial score (nSPS) is 10.9. The number of amides is 1. The third-order valence-corrected chi connectivity index (χ3v) is 4.80. The summed E-state index contributed by atoms with van der Waals surface area (Å²) in [5.41, 5.74) is 0.878. The van der Waals surface area contributed by atoms with Gasteiger partial charge in [-0.25, -0.2) is 4.79 Å². The van der Waals surface area contributed by atoms with Crippen molar-refractivity contribution in [1.29, 1.82) is 0 Å². The van der Waals surface area contributed by atoms with Gasteiger partial charge in [0.25, 0.3) is 11.5 Å². The highest BCUT2D eigenvalue weighted by Crippen LogP contribution is 2.17. The van der Waals surface area contributed by atoms with Crippen LogP contribution in [0, 0.1) is 0 Å². The summed E-state index contributed by atoms with van der Waals surface area (Å²) in [6.45, 7) is 4.13. The molecule has 6 nitrogen and oxygen atoms in total. The number of carbonyl (C=O) groups excluding carboxylic acids is 1. The number of halogens is 1. The molecule has 0 fully saturated rings. The largest absolute Gasteiger partial charge is 0.328 e. The van der Waals surface area contributed by atoms with E-state index in [2.05, 4.69) is 24.1 Å². The Morgan fingerprint density at radius 2 is 1.79 bits per heavy atom. The van der Waals surface area contributed by atoms with Crippen LogP contribution >= 0.6 is 11.6 Å².